The molecule has 0 saturated carbocycles. The van der Waals surface area contributed by atoms with Crippen LogP contribution in [0.4, 0.5) is 0 Å². The molecule has 0 spiro atoms. The lowest BCUT2D eigenvalue weighted by Crippen LogP contribution is -3.16. The molecule has 2 aromatic carbocycles. The van der Waals surface area contributed by atoms with Gasteiger partial charge in [-0.05, 0) is 11.6 Å². The first kappa shape index (κ1) is 17.0. The highest BCUT2D eigenvalue weighted by molar-refractivity contribution is 5.70. The minimum absolute atomic E-state index is 0.738. The van der Waals surface area contributed by atoms with E-state index in [1.165, 1.54) is 12.1 Å². The molecule has 1 fully saturated rings. The van der Waals surface area contributed by atoms with E-state index in [-0.39, 0.29) is 0 Å². The van der Waals surface area contributed by atoms with Crippen LogP contribution < -0.4 is 15.0 Å². The lowest BCUT2D eigenvalue weighted by atomic mass is 10.1. The molecule has 0 atom stereocenters. The molecule has 1 heterocycles. The van der Waals surface area contributed by atoms with Gasteiger partial charge in [-0.1, -0.05) is 48.5 Å². The normalized spacial score (nSPS) is 15.3. The minimum Gasteiger partial charge on any atom is -0.487 e. The molecule has 24 heavy (non-hydrogen) atoms. The Morgan fingerprint density at radius 3 is 2.50 bits per heavy atom. The highest BCUT2D eigenvalue weighted by atomic mass is 16.5. The summed E-state index contributed by atoms with van der Waals surface area (Å²) in [5.74, 6) is 0.968. The zero-order valence-corrected chi connectivity index (χ0v) is 14.2. The number of hydrogen-bond donors (Lipinski definition) is 2. The Hall–Kier alpha value is -1.88. The van der Waals surface area contributed by atoms with Gasteiger partial charge < -0.3 is 19.7 Å². The number of benzene rings is 2. The van der Waals surface area contributed by atoms with Crippen molar-refractivity contribution in [1.29, 1.82) is 0 Å². The fourth-order valence-corrected chi connectivity index (χ4v) is 3.06. The minimum atomic E-state index is 0.738. The van der Waals surface area contributed by atoms with Gasteiger partial charge in [-0.15, -0.1) is 0 Å². The highest BCUT2D eigenvalue weighted by Crippen LogP contribution is 2.29. The van der Waals surface area contributed by atoms with Crippen molar-refractivity contribution in [1.82, 2.24) is 0 Å². The van der Waals surface area contributed by atoms with Gasteiger partial charge in [-0.25, -0.2) is 0 Å². The van der Waals surface area contributed by atoms with Gasteiger partial charge in [0, 0.05) is 5.56 Å². The topological polar surface area (TPSA) is 39.5 Å². The SMILES string of the molecule is c1ccc(-c2ccccc2OCC[NH2+]CC[NH+]2CCOCC2)cc1. The van der Waals surface area contributed by atoms with Crippen molar-refractivity contribution >= 4 is 0 Å². The lowest BCUT2D eigenvalue weighted by Gasteiger charge is -2.22. The van der Waals surface area contributed by atoms with Crippen molar-refractivity contribution < 1.29 is 19.7 Å². The van der Waals surface area contributed by atoms with Crippen LogP contribution in [0.1, 0.15) is 0 Å². The van der Waals surface area contributed by atoms with Crippen LogP contribution in [-0.2, 0) is 4.74 Å². The molecule has 128 valence electrons. The van der Waals surface area contributed by atoms with Gasteiger partial charge in [0.2, 0.25) is 0 Å². The molecule has 0 bridgehead atoms. The molecular weight excluding hydrogens is 300 g/mol. The van der Waals surface area contributed by atoms with Crippen LogP contribution in [0.5, 0.6) is 5.75 Å². The quantitative estimate of drug-likeness (QED) is 0.680. The van der Waals surface area contributed by atoms with E-state index >= 15 is 0 Å². The van der Waals surface area contributed by atoms with Crippen molar-refractivity contribution in [3.63, 3.8) is 0 Å². The van der Waals surface area contributed by atoms with E-state index in [1.807, 2.05) is 12.1 Å². The average molecular weight is 328 g/mol. The molecular formula is C20H28N2O2+2. The smallest absolute Gasteiger partial charge is 0.137 e. The third-order valence-corrected chi connectivity index (χ3v) is 4.45. The zero-order valence-electron chi connectivity index (χ0n) is 14.2. The summed E-state index contributed by atoms with van der Waals surface area (Å²) in [6.07, 6.45) is 0. The van der Waals surface area contributed by atoms with Gasteiger partial charge >= 0.3 is 0 Å². The van der Waals surface area contributed by atoms with E-state index in [0.29, 0.717) is 0 Å². The molecule has 0 unspecified atom stereocenters. The second-order valence-corrected chi connectivity index (χ2v) is 6.19. The number of para-hydroxylation sites is 1. The molecule has 1 saturated heterocycles. The Labute approximate surface area is 144 Å². The van der Waals surface area contributed by atoms with Crippen molar-refractivity contribution in [2.75, 3.05) is 52.5 Å². The van der Waals surface area contributed by atoms with Gasteiger partial charge in [-0.2, -0.15) is 0 Å². The Morgan fingerprint density at radius 1 is 0.917 bits per heavy atom. The Kier molecular flexibility index (Phi) is 6.66. The van der Waals surface area contributed by atoms with Crippen molar-refractivity contribution in [2.24, 2.45) is 0 Å². The number of nitrogens with one attached hydrogen (secondary N) is 1. The van der Waals surface area contributed by atoms with Crippen LogP contribution in [0.15, 0.2) is 54.6 Å². The second-order valence-electron chi connectivity index (χ2n) is 6.19. The molecule has 2 aromatic rings. The molecule has 0 aromatic heterocycles. The predicted molar refractivity (Wildman–Crippen MR) is 95.4 cm³/mol. The first-order chi connectivity index (χ1) is 11.9. The van der Waals surface area contributed by atoms with Crippen molar-refractivity contribution in [3.8, 4) is 16.9 Å². The molecule has 1 aliphatic rings. The maximum absolute atomic E-state index is 6.03. The second kappa shape index (κ2) is 9.42. The summed E-state index contributed by atoms with van der Waals surface area (Å²) < 4.78 is 11.4. The number of nitrogens with two attached hydrogens (primary N) is 1. The van der Waals surface area contributed by atoms with E-state index in [2.05, 4.69) is 47.8 Å². The van der Waals surface area contributed by atoms with E-state index < -0.39 is 0 Å². The van der Waals surface area contributed by atoms with Gasteiger partial charge in [0.15, 0.2) is 0 Å². The van der Waals surface area contributed by atoms with E-state index in [4.69, 9.17) is 9.47 Å². The van der Waals surface area contributed by atoms with Crippen LogP contribution in [0.2, 0.25) is 0 Å². The summed E-state index contributed by atoms with van der Waals surface area (Å²) in [6, 6.07) is 18.7. The Balaban J connectivity index is 1.41. The third-order valence-electron chi connectivity index (χ3n) is 4.45. The molecule has 0 aliphatic carbocycles. The molecule has 4 heteroatoms. The molecule has 1 aliphatic heterocycles. The summed E-state index contributed by atoms with van der Waals surface area (Å²) >= 11 is 0. The number of quaternary nitrogens is 2. The van der Waals surface area contributed by atoms with Crippen molar-refractivity contribution in [2.45, 2.75) is 0 Å². The number of rotatable bonds is 8. The largest absolute Gasteiger partial charge is 0.487 e. The fourth-order valence-electron chi connectivity index (χ4n) is 3.06. The van der Waals surface area contributed by atoms with Crippen LogP contribution >= 0.6 is 0 Å². The summed E-state index contributed by atoms with van der Waals surface area (Å²) in [5, 5.41) is 2.35. The summed E-state index contributed by atoms with van der Waals surface area (Å²) in [5.41, 5.74) is 2.36. The summed E-state index contributed by atoms with van der Waals surface area (Å²) in [4.78, 5) is 1.66. The van der Waals surface area contributed by atoms with Crippen LogP contribution in [0.3, 0.4) is 0 Å². The number of ether oxygens (including phenoxy) is 2. The first-order valence-electron chi connectivity index (χ1n) is 8.94. The molecule has 0 amide bonds. The van der Waals surface area contributed by atoms with Crippen molar-refractivity contribution in [3.05, 3.63) is 54.6 Å². The first-order valence-corrected chi connectivity index (χ1v) is 8.94. The lowest BCUT2D eigenvalue weighted by molar-refractivity contribution is -0.919. The standard InChI is InChI=1S/C20H26N2O2/c1-2-6-18(7-3-1)19-8-4-5-9-20(19)24-15-11-21-10-12-22-13-16-23-17-14-22/h1-9,21H,10-17H2/p+2. The third kappa shape index (κ3) is 5.06. The van der Waals surface area contributed by atoms with Crippen LogP contribution in [-0.4, -0.2) is 52.5 Å². The van der Waals surface area contributed by atoms with Gasteiger partial charge in [0.1, 0.15) is 45.1 Å². The number of morpholine rings is 1. The van der Waals surface area contributed by atoms with E-state index in [1.54, 1.807) is 4.90 Å². The summed E-state index contributed by atoms with van der Waals surface area (Å²) in [6.45, 7) is 8.21. The maximum atomic E-state index is 6.03. The monoisotopic (exact) mass is 328 g/mol. The Morgan fingerprint density at radius 2 is 1.67 bits per heavy atom. The highest BCUT2D eigenvalue weighted by Gasteiger charge is 2.13. The van der Waals surface area contributed by atoms with Crippen LogP contribution in [0, 0.1) is 0 Å². The van der Waals surface area contributed by atoms with Gasteiger partial charge in [-0.3, -0.25) is 0 Å². The number of hydrogen-bond acceptors (Lipinski definition) is 2. The predicted octanol–water partition coefficient (Wildman–Crippen LogP) is 0.211. The molecule has 3 N–H and O–H groups in total. The van der Waals surface area contributed by atoms with Crippen LogP contribution in [0.25, 0.3) is 11.1 Å². The Bertz CT molecular complexity index is 598. The van der Waals surface area contributed by atoms with Gasteiger partial charge in [0.25, 0.3) is 0 Å². The van der Waals surface area contributed by atoms with E-state index in [9.17, 15) is 0 Å². The van der Waals surface area contributed by atoms with Gasteiger partial charge in [0.05, 0.1) is 13.2 Å². The zero-order chi connectivity index (χ0) is 16.5. The molecule has 4 nitrogen and oxygen atoms in total. The maximum Gasteiger partial charge on any atom is 0.137 e. The fraction of sp³-hybridized carbons (Fsp3) is 0.400. The average Bonchev–Trinajstić information content (AvgIpc) is 2.66. The molecule has 3 rings (SSSR count). The summed E-state index contributed by atoms with van der Waals surface area (Å²) in [7, 11) is 0. The molecule has 0 radical (unpaired) electrons. The van der Waals surface area contributed by atoms with E-state index in [0.717, 1.165) is 57.3 Å².